The number of aryl methyl sites for hydroxylation is 2. The van der Waals surface area contributed by atoms with Crippen LogP contribution in [0.4, 0.5) is 14.5 Å². The van der Waals surface area contributed by atoms with E-state index in [4.69, 9.17) is 4.42 Å². The molecule has 2 aromatic rings. The third kappa shape index (κ3) is 11.9. The Balaban J connectivity index is 1.48. The molecule has 5 heteroatoms. The highest BCUT2D eigenvalue weighted by Crippen LogP contribution is 2.43. The minimum absolute atomic E-state index is 0.00533. The van der Waals surface area contributed by atoms with E-state index in [1.165, 1.54) is 134 Å². The predicted molar refractivity (Wildman–Crippen MR) is 209 cm³/mol. The van der Waals surface area contributed by atoms with Gasteiger partial charge in [0.25, 0.3) is 0 Å². The Morgan fingerprint density at radius 3 is 1.72 bits per heavy atom. The molecule has 1 aliphatic heterocycles. The summed E-state index contributed by atoms with van der Waals surface area (Å²) in [5.74, 6) is -0.517. The number of hydrogen-bond donors (Lipinski definition) is 2. The fourth-order valence-corrected chi connectivity index (χ4v) is 7.26. The van der Waals surface area contributed by atoms with Gasteiger partial charge in [-0.25, -0.2) is 13.8 Å². The maximum absolute atomic E-state index is 15.4. The summed E-state index contributed by atoms with van der Waals surface area (Å²) in [6.45, 7) is 10.4. The molecule has 2 aromatic carbocycles. The van der Waals surface area contributed by atoms with Crippen molar-refractivity contribution in [1.82, 2.24) is 0 Å². The van der Waals surface area contributed by atoms with Gasteiger partial charge in [0.15, 0.2) is 0 Å². The Hall–Kier alpha value is -3.21. The van der Waals surface area contributed by atoms with Crippen LogP contribution in [0.3, 0.4) is 0 Å². The molecule has 0 aromatic heterocycles. The Bertz CT molecular complexity index is 1600. The third-order valence-electron chi connectivity index (χ3n) is 10.3. The SMILES string of the molecule is CCCCCCCCCCCCNc1cc2oc3cc(=[NH+]CCCCCCCCCCCC)c(C)cc-3c(-c3c(F)cccc3F)c2cc1C. The van der Waals surface area contributed by atoms with Crippen molar-refractivity contribution in [3.63, 3.8) is 0 Å². The van der Waals surface area contributed by atoms with Crippen molar-refractivity contribution in [2.75, 3.05) is 18.4 Å². The maximum atomic E-state index is 15.4. The van der Waals surface area contributed by atoms with Gasteiger partial charge in [0.05, 0.1) is 11.6 Å². The molecular weight excluding hydrogens is 623 g/mol. The van der Waals surface area contributed by atoms with Crippen molar-refractivity contribution in [3.05, 3.63) is 70.6 Å². The monoisotopic (exact) mass is 688 g/mol. The third-order valence-corrected chi connectivity index (χ3v) is 10.3. The standard InChI is InChI=1S/C45H64F2N2O/c1-5-7-9-11-13-15-17-19-21-23-28-48-40-32-42-36(30-34(40)3)44(45-38(46)26-25-27-39(45)47)37-31-35(4)41(33-43(37)50-42)49-29-24-22-20-18-16-14-12-10-8-6-2/h25-27,30-33,48H,5-24,28-29H2,1-4H3/p+1. The molecule has 2 N–H and O–H groups in total. The first-order valence-corrected chi connectivity index (χ1v) is 20.2. The normalized spacial score (nSPS) is 12.1. The smallest absolute Gasteiger partial charge is 0.204 e. The highest BCUT2D eigenvalue weighted by atomic mass is 19.1. The molecule has 1 heterocycles. The van der Waals surface area contributed by atoms with Gasteiger partial charge < -0.3 is 9.73 Å². The van der Waals surface area contributed by atoms with Crippen LogP contribution < -0.4 is 15.7 Å². The van der Waals surface area contributed by atoms with Crippen molar-refractivity contribution in [1.29, 1.82) is 0 Å². The van der Waals surface area contributed by atoms with E-state index < -0.39 is 11.6 Å². The lowest BCUT2D eigenvalue weighted by molar-refractivity contribution is -0.501. The minimum Gasteiger partial charge on any atom is -0.456 e. The zero-order valence-electron chi connectivity index (χ0n) is 31.8. The molecule has 0 amide bonds. The van der Waals surface area contributed by atoms with E-state index >= 15 is 8.78 Å². The van der Waals surface area contributed by atoms with Crippen molar-refractivity contribution >= 4 is 16.7 Å². The van der Waals surface area contributed by atoms with E-state index in [1.807, 2.05) is 24.3 Å². The Labute approximate surface area is 301 Å². The van der Waals surface area contributed by atoms with Crippen LogP contribution in [0.2, 0.25) is 0 Å². The Morgan fingerprint density at radius 1 is 0.600 bits per heavy atom. The van der Waals surface area contributed by atoms with Gasteiger partial charge in [-0.2, -0.15) is 0 Å². The van der Waals surface area contributed by atoms with E-state index in [1.54, 1.807) is 0 Å². The molecule has 0 fully saturated rings. The summed E-state index contributed by atoms with van der Waals surface area (Å²) in [6.07, 6.45) is 26.1. The predicted octanol–water partition coefficient (Wildman–Crippen LogP) is 12.3. The Morgan fingerprint density at radius 2 is 1.14 bits per heavy atom. The molecule has 3 nitrogen and oxygen atoms in total. The lowest BCUT2D eigenvalue weighted by Crippen LogP contribution is -2.77. The summed E-state index contributed by atoms with van der Waals surface area (Å²) in [5, 5.41) is 5.34. The van der Waals surface area contributed by atoms with Gasteiger partial charge in [0.1, 0.15) is 29.5 Å². The molecule has 0 bridgehead atoms. The van der Waals surface area contributed by atoms with E-state index in [2.05, 4.69) is 38.0 Å². The second-order valence-corrected chi connectivity index (χ2v) is 14.6. The van der Waals surface area contributed by atoms with Gasteiger partial charge in [-0.3, -0.25) is 0 Å². The number of anilines is 1. The number of fused-ring (bicyclic) bond motifs is 2. The first-order valence-electron chi connectivity index (χ1n) is 20.2. The first-order chi connectivity index (χ1) is 24.4. The number of hydrogen-bond acceptors (Lipinski definition) is 2. The van der Waals surface area contributed by atoms with E-state index in [0.717, 1.165) is 48.1 Å². The lowest BCUT2D eigenvalue weighted by Gasteiger charge is -2.18. The van der Waals surface area contributed by atoms with Crippen molar-refractivity contribution in [3.8, 4) is 22.5 Å². The summed E-state index contributed by atoms with van der Waals surface area (Å²) in [4.78, 5) is 3.62. The molecule has 50 heavy (non-hydrogen) atoms. The fourth-order valence-electron chi connectivity index (χ4n) is 7.26. The first kappa shape index (κ1) is 39.6. The van der Waals surface area contributed by atoms with Crippen molar-refractivity contribution in [2.24, 2.45) is 0 Å². The molecule has 1 aliphatic carbocycles. The highest BCUT2D eigenvalue weighted by molar-refractivity contribution is 6.03. The second-order valence-electron chi connectivity index (χ2n) is 14.6. The highest BCUT2D eigenvalue weighted by Gasteiger charge is 2.24. The van der Waals surface area contributed by atoms with Crippen LogP contribution in [0.15, 0.2) is 46.9 Å². The van der Waals surface area contributed by atoms with Gasteiger partial charge >= 0.3 is 0 Å². The summed E-state index contributed by atoms with van der Waals surface area (Å²) < 4.78 is 37.4. The number of benzene rings is 3. The largest absolute Gasteiger partial charge is 0.456 e. The quantitative estimate of drug-likeness (QED) is 0.0568. The fraction of sp³-hybridized carbons (Fsp3) is 0.578. The van der Waals surface area contributed by atoms with Gasteiger partial charge in [0, 0.05) is 46.8 Å². The van der Waals surface area contributed by atoms with Crippen LogP contribution in [-0.4, -0.2) is 13.1 Å². The molecule has 2 aliphatic rings. The molecule has 0 unspecified atom stereocenters. The number of rotatable bonds is 24. The molecule has 0 atom stereocenters. The summed E-state index contributed by atoms with van der Waals surface area (Å²) in [5.41, 5.74) is 4.94. The van der Waals surface area contributed by atoms with Crippen molar-refractivity contribution < 1.29 is 18.2 Å². The van der Waals surface area contributed by atoms with Crippen LogP contribution >= 0.6 is 0 Å². The zero-order chi connectivity index (χ0) is 35.6. The van der Waals surface area contributed by atoms with E-state index in [9.17, 15) is 0 Å². The summed E-state index contributed by atoms with van der Waals surface area (Å²) in [7, 11) is 0. The van der Waals surface area contributed by atoms with E-state index in [0.29, 0.717) is 27.9 Å². The molecule has 0 saturated heterocycles. The maximum Gasteiger partial charge on any atom is 0.204 e. The van der Waals surface area contributed by atoms with Gasteiger partial charge in [-0.05, 0) is 56.5 Å². The van der Waals surface area contributed by atoms with Crippen LogP contribution in [0.25, 0.3) is 33.4 Å². The summed E-state index contributed by atoms with van der Waals surface area (Å²) >= 11 is 0. The van der Waals surface area contributed by atoms with Crippen molar-refractivity contribution in [2.45, 2.75) is 156 Å². The number of unbranched alkanes of at least 4 members (excludes halogenated alkanes) is 18. The molecule has 274 valence electrons. The average molecular weight is 688 g/mol. The van der Waals surface area contributed by atoms with E-state index in [-0.39, 0.29) is 5.56 Å². The van der Waals surface area contributed by atoms with Crippen LogP contribution in [0, 0.1) is 25.5 Å². The summed E-state index contributed by atoms with van der Waals surface area (Å²) in [6, 6.07) is 12.2. The van der Waals surface area contributed by atoms with Crippen LogP contribution in [0.5, 0.6) is 0 Å². The molecule has 0 spiro atoms. The lowest BCUT2D eigenvalue weighted by atomic mass is 9.91. The Kier molecular flexibility index (Phi) is 17.3. The molecular formula is C45H65F2N2O+. The topological polar surface area (TPSA) is 39.1 Å². The number of halogens is 2. The minimum atomic E-state index is -0.569. The van der Waals surface area contributed by atoms with Crippen LogP contribution in [-0.2, 0) is 0 Å². The van der Waals surface area contributed by atoms with Gasteiger partial charge in [-0.1, -0.05) is 129 Å². The average Bonchev–Trinajstić information content (AvgIpc) is 3.10. The van der Waals surface area contributed by atoms with Gasteiger partial charge in [0.2, 0.25) is 5.36 Å². The molecule has 0 saturated carbocycles. The zero-order valence-corrected chi connectivity index (χ0v) is 31.8. The van der Waals surface area contributed by atoms with Crippen LogP contribution in [0.1, 0.15) is 153 Å². The second kappa shape index (κ2) is 21.9. The van der Waals surface area contributed by atoms with Gasteiger partial charge in [-0.15, -0.1) is 0 Å². The molecule has 4 rings (SSSR count). The number of nitrogens with one attached hydrogen (secondary N) is 2. The molecule has 0 radical (unpaired) electrons.